The molecule has 1 aromatic heterocycles. The molecule has 1 aromatic carbocycles. The number of likely N-dealkylation sites (tertiary alicyclic amines) is 1. The third-order valence-corrected chi connectivity index (χ3v) is 4.65. The standard InChI is InChI=1S/C18H19N3O3/c1-21-16(22)8-14(17(21)12-5-3-7-19-9-12)20-10-13-4-2-6-15-18(13)24-11-23-15/h2-7,9,14,17,20H,8,10-11H2,1H3/t14-,17+/m1/s1. The van der Waals surface area contributed by atoms with Gasteiger partial charge in [-0.25, -0.2) is 0 Å². The second-order valence-electron chi connectivity index (χ2n) is 6.08. The molecule has 3 heterocycles. The van der Waals surface area contributed by atoms with Crippen LogP contribution in [0.2, 0.25) is 0 Å². The average Bonchev–Trinajstić information content (AvgIpc) is 3.19. The van der Waals surface area contributed by atoms with Crippen LogP contribution in [0.15, 0.2) is 42.7 Å². The number of pyridine rings is 1. The van der Waals surface area contributed by atoms with Crippen LogP contribution in [0, 0.1) is 0 Å². The van der Waals surface area contributed by atoms with Crippen molar-refractivity contribution in [2.45, 2.75) is 25.0 Å². The number of nitrogens with one attached hydrogen (secondary N) is 1. The Kier molecular flexibility index (Phi) is 3.82. The highest BCUT2D eigenvalue weighted by Crippen LogP contribution is 2.36. The summed E-state index contributed by atoms with van der Waals surface area (Å²) in [7, 11) is 1.85. The number of benzene rings is 1. The van der Waals surface area contributed by atoms with E-state index in [4.69, 9.17) is 9.47 Å². The summed E-state index contributed by atoms with van der Waals surface area (Å²) in [5.74, 6) is 1.71. The predicted octanol–water partition coefficient (Wildman–Crippen LogP) is 1.87. The molecule has 6 heteroatoms. The van der Waals surface area contributed by atoms with Crippen molar-refractivity contribution in [2.24, 2.45) is 0 Å². The van der Waals surface area contributed by atoms with Crippen molar-refractivity contribution in [1.29, 1.82) is 0 Å². The molecule has 1 N–H and O–H groups in total. The van der Waals surface area contributed by atoms with Crippen LogP contribution in [-0.2, 0) is 11.3 Å². The zero-order chi connectivity index (χ0) is 16.5. The molecule has 0 radical (unpaired) electrons. The van der Waals surface area contributed by atoms with Gasteiger partial charge in [0.05, 0.1) is 6.04 Å². The van der Waals surface area contributed by atoms with Gasteiger partial charge in [-0.2, -0.15) is 0 Å². The summed E-state index contributed by atoms with van der Waals surface area (Å²) < 4.78 is 11.0. The molecule has 0 saturated carbocycles. The molecule has 0 aliphatic carbocycles. The second kappa shape index (κ2) is 6.13. The van der Waals surface area contributed by atoms with Crippen molar-refractivity contribution in [2.75, 3.05) is 13.8 Å². The number of aromatic nitrogens is 1. The maximum Gasteiger partial charge on any atom is 0.231 e. The summed E-state index contributed by atoms with van der Waals surface area (Å²) in [6.07, 6.45) is 4.04. The Morgan fingerprint density at radius 1 is 1.29 bits per heavy atom. The molecule has 24 heavy (non-hydrogen) atoms. The third kappa shape index (κ3) is 2.59. The molecule has 124 valence electrons. The van der Waals surface area contributed by atoms with E-state index in [0.29, 0.717) is 13.0 Å². The van der Waals surface area contributed by atoms with Gasteiger partial charge in [0, 0.05) is 44.0 Å². The highest BCUT2D eigenvalue weighted by Gasteiger charge is 2.38. The van der Waals surface area contributed by atoms with Crippen molar-refractivity contribution < 1.29 is 14.3 Å². The van der Waals surface area contributed by atoms with Crippen molar-refractivity contribution in [3.8, 4) is 11.5 Å². The van der Waals surface area contributed by atoms with Gasteiger partial charge < -0.3 is 19.7 Å². The lowest BCUT2D eigenvalue weighted by Gasteiger charge is -2.26. The highest BCUT2D eigenvalue weighted by atomic mass is 16.7. The van der Waals surface area contributed by atoms with Crippen LogP contribution in [0.3, 0.4) is 0 Å². The van der Waals surface area contributed by atoms with Gasteiger partial charge in [0.15, 0.2) is 11.5 Å². The lowest BCUT2D eigenvalue weighted by molar-refractivity contribution is -0.127. The van der Waals surface area contributed by atoms with E-state index in [-0.39, 0.29) is 24.8 Å². The van der Waals surface area contributed by atoms with Crippen molar-refractivity contribution in [1.82, 2.24) is 15.2 Å². The number of carbonyl (C=O) groups is 1. The van der Waals surface area contributed by atoms with Crippen LogP contribution in [-0.4, -0.2) is 35.7 Å². The first-order valence-electron chi connectivity index (χ1n) is 8.00. The summed E-state index contributed by atoms with van der Waals surface area (Å²) in [6.45, 7) is 0.879. The fourth-order valence-electron chi connectivity index (χ4n) is 3.43. The maximum absolute atomic E-state index is 12.2. The number of ether oxygens (including phenoxy) is 2. The maximum atomic E-state index is 12.2. The average molecular weight is 325 g/mol. The molecule has 2 aliphatic rings. The Morgan fingerprint density at radius 2 is 2.21 bits per heavy atom. The Morgan fingerprint density at radius 3 is 3.04 bits per heavy atom. The van der Waals surface area contributed by atoms with Gasteiger partial charge in [-0.15, -0.1) is 0 Å². The lowest BCUT2D eigenvalue weighted by Crippen LogP contribution is -2.34. The zero-order valence-electron chi connectivity index (χ0n) is 13.4. The molecule has 2 aliphatic heterocycles. The molecule has 2 aromatic rings. The Bertz CT molecular complexity index is 750. The van der Waals surface area contributed by atoms with Gasteiger partial charge >= 0.3 is 0 Å². The molecular weight excluding hydrogens is 306 g/mol. The van der Waals surface area contributed by atoms with E-state index in [1.807, 2.05) is 43.6 Å². The summed E-state index contributed by atoms with van der Waals surface area (Å²) in [6, 6.07) is 9.80. The van der Waals surface area contributed by atoms with Crippen molar-refractivity contribution in [3.05, 3.63) is 53.9 Å². The molecule has 1 saturated heterocycles. The van der Waals surface area contributed by atoms with Crippen LogP contribution < -0.4 is 14.8 Å². The molecule has 1 fully saturated rings. The molecule has 0 spiro atoms. The molecule has 6 nitrogen and oxygen atoms in total. The molecule has 4 rings (SSSR count). The zero-order valence-corrected chi connectivity index (χ0v) is 13.4. The highest BCUT2D eigenvalue weighted by molar-refractivity contribution is 5.80. The Labute approximate surface area is 140 Å². The van der Waals surface area contributed by atoms with E-state index < -0.39 is 0 Å². The molecule has 1 amide bonds. The van der Waals surface area contributed by atoms with Gasteiger partial charge in [0.25, 0.3) is 0 Å². The third-order valence-electron chi connectivity index (χ3n) is 4.65. The van der Waals surface area contributed by atoms with E-state index in [1.165, 1.54) is 0 Å². The summed E-state index contributed by atoms with van der Waals surface area (Å²) in [5.41, 5.74) is 2.08. The summed E-state index contributed by atoms with van der Waals surface area (Å²) in [5, 5.41) is 3.51. The van der Waals surface area contributed by atoms with Gasteiger partial charge in [-0.3, -0.25) is 9.78 Å². The fraction of sp³-hybridized carbons (Fsp3) is 0.333. The van der Waals surface area contributed by atoms with Gasteiger partial charge in [0.2, 0.25) is 12.7 Å². The number of likely N-dealkylation sites (N-methyl/N-ethyl adjacent to an activating group) is 1. The Hall–Kier alpha value is -2.60. The second-order valence-corrected chi connectivity index (χ2v) is 6.08. The first-order chi connectivity index (χ1) is 11.7. The van der Waals surface area contributed by atoms with Crippen LogP contribution in [0.4, 0.5) is 0 Å². The number of amides is 1. The molecule has 2 atom stereocenters. The van der Waals surface area contributed by atoms with Crippen LogP contribution >= 0.6 is 0 Å². The topological polar surface area (TPSA) is 63.7 Å². The first kappa shape index (κ1) is 15.0. The van der Waals surface area contributed by atoms with Crippen LogP contribution in [0.5, 0.6) is 11.5 Å². The van der Waals surface area contributed by atoms with E-state index >= 15 is 0 Å². The number of hydrogen-bond donors (Lipinski definition) is 1. The molecule has 0 bridgehead atoms. The van der Waals surface area contributed by atoms with Gasteiger partial charge in [-0.05, 0) is 17.7 Å². The van der Waals surface area contributed by atoms with Crippen molar-refractivity contribution >= 4 is 5.91 Å². The van der Waals surface area contributed by atoms with Crippen LogP contribution in [0.25, 0.3) is 0 Å². The number of carbonyl (C=O) groups excluding carboxylic acids is 1. The Balaban J connectivity index is 1.53. The number of hydrogen-bond acceptors (Lipinski definition) is 5. The number of nitrogens with zero attached hydrogens (tertiary/aromatic N) is 2. The van der Waals surface area contributed by atoms with Gasteiger partial charge in [0.1, 0.15) is 0 Å². The first-order valence-corrected chi connectivity index (χ1v) is 8.00. The molecule has 0 unspecified atom stereocenters. The van der Waals surface area contributed by atoms with E-state index in [1.54, 1.807) is 11.1 Å². The van der Waals surface area contributed by atoms with Crippen LogP contribution in [0.1, 0.15) is 23.6 Å². The van der Waals surface area contributed by atoms with E-state index in [0.717, 1.165) is 22.6 Å². The summed E-state index contributed by atoms with van der Waals surface area (Å²) in [4.78, 5) is 18.2. The smallest absolute Gasteiger partial charge is 0.231 e. The predicted molar refractivity (Wildman–Crippen MR) is 87.6 cm³/mol. The monoisotopic (exact) mass is 325 g/mol. The minimum absolute atomic E-state index is 0.0138. The summed E-state index contributed by atoms with van der Waals surface area (Å²) >= 11 is 0. The minimum Gasteiger partial charge on any atom is -0.454 e. The van der Waals surface area contributed by atoms with Gasteiger partial charge in [-0.1, -0.05) is 18.2 Å². The van der Waals surface area contributed by atoms with Crippen molar-refractivity contribution in [3.63, 3.8) is 0 Å². The molecular formula is C18H19N3O3. The number of para-hydroxylation sites is 1. The largest absolute Gasteiger partial charge is 0.454 e. The number of rotatable bonds is 4. The normalized spacial score (nSPS) is 22.2. The fourth-order valence-corrected chi connectivity index (χ4v) is 3.43. The minimum atomic E-state index is -0.0138. The SMILES string of the molecule is CN1C(=O)C[C@@H](NCc2cccc3c2OCO3)[C@@H]1c1cccnc1. The lowest BCUT2D eigenvalue weighted by atomic mass is 10.0. The van der Waals surface area contributed by atoms with E-state index in [9.17, 15) is 4.79 Å². The quantitative estimate of drug-likeness (QED) is 0.930. The number of fused-ring (bicyclic) bond motifs is 1. The van der Waals surface area contributed by atoms with E-state index in [2.05, 4.69) is 10.3 Å².